The Morgan fingerprint density at radius 3 is 2.78 bits per heavy atom. The van der Waals surface area contributed by atoms with Crippen LogP contribution in [0.5, 0.6) is 0 Å². The lowest BCUT2D eigenvalue weighted by atomic mass is 10.3. The van der Waals surface area contributed by atoms with Crippen molar-refractivity contribution in [2.24, 2.45) is 5.73 Å². The first kappa shape index (κ1) is 12.6. The van der Waals surface area contributed by atoms with Gasteiger partial charge in [0.05, 0.1) is 6.54 Å². The molecule has 0 aromatic carbocycles. The minimum atomic E-state index is -1.22. The van der Waals surface area contributed by atoms with E-state index in [1.54, 1.807) is 13.1 Å². The summed E-state index contributed by atoms with van der Waals surface area (Å²) in [4.78, 5) is 19.4. The Hall–Kier alpha value is -1.89. The van der Waals surface area contributed by atoms with Gasteiger partial charge in [-0.25, -0.2) is 9.97 Å². The maximum Gasteiger partial charge on any atom is 0.248 e. The summed E-state index contributed by atoms with van der Waals surface area (Å²) in [5, 5.41) is 15.1. The molecule has 1 aliphatic carbocycles. The SMILES string of the molecule is CNc1cc(NCC(O)C(N)=O)nc(C2CC2)n1. The summed E-state index contributed by atoms with van der Waals surface area (Å²) in [7, 11) is 1.78. The Labute approximate surface area is 105 Å². The lowest BCUT2D eigenvalue weighted by molar-refractivity contribution is -0.125. The number of anilines is 2. The monoisotopic (exact) mass is 251 g/mol. The molecule has 0 saturated heterocycles. The summed E-state index contributed by atoms with van der Waals surface area (Å²) in [5.41, 5.74) is 4.97. The van der Waals surface area contributed by atoms with Crippen molar-refractivity contribution in [1.29, 1.82) is 0 Å². The number of hydrogen-bond acceptors (Lipinski definition) is 6. The quantitative estimate of drug-likeness (QED) is 0.550. The topological polar surface area (TPSA) is 113 Å². The molecule has 0 radical (unpaired) electrons. The van der Waals surface area contributed by atoms with E-state index < -0.39 is 12.0 Å². The first-order chi connectivity index (χ1) is 8.60. The zero-order valence-corrected chi connectivity index (χ0v) is 10.2. The Bertz CT molecular complexity index is 447. The van der Waals surface area contributed by atoms with E-state index in [9.17, 15) is 9.90 Å². The van der Waals surface area contributed by atoms with E-state index in [-0.39, 0.29) is 6.54 Å². The second kappa shape index (κ2) is 5.18. The number of carbonyl (C=O) groups excluding carboxylic acids is 1. The van der Waals surface area contributed by atoms with Crippen molar-refractivity contribution in [3.8, 4) is 0 Å². The van der Waals surface area contributed by atoms with Crippen LogP contribution in [0, 0.1) is 0 Å². The second-order valence-electron chi connectivity index (χ2n) is 4.32. The summed E-state index contributed by atoms with van der Waals surface area (Å²) in [6.07, 6.45) is 0.995. The number of aliphatic hydroxyl groups is 1. The Kier molecular flexibility index (Phi) is 3.61. The number of nitrogens with one attached hydrogen (secondary N) is 2. The van der Waals surface area contributed by atoms with Crippen LogP contribution in [0.2, 0.25) is 0 Å². The average molecular weight is 251 g/mol. The van der Waals surface area contributed by atoms with E-state index in [1.807, 2.05) is 0 Å². The molecule has 1 atom stereocenters. The molecule has 1 saturated carbocycles. The van der Waals surface area contributed by atoms with Crippen molar-refractivity contribution >= 4 is 17.5 Å². The number of amides is 1. The number of primary amides is 1. The van der Waals surface area contributed by atoms with Gasteiger partial charge < -0.3 is 21.5 Å². The van der Waals surface area contributed by atoms with Crippen LogP contribution in [-0.2, 0) is 4.79 Å². The van der Waals surface area contributed by atoms with E-state index in [2.05, 4.69) is 20.6 Å². The highest BCUT2D eigenvalue weighted by Crippen LogP contribution is 2.38. The molecule has 0 bridgehead atoms. The third-order valence-corrected chi connectivity index (χ3v) is 2.75. The Balaban J connectivity index is 2.06. The Morgan fingerprint density at radius 1 is 1.56 bits per heavy atom. The van der Waals surface area contributed by atoms with Gasteiger partial charge in [-0.1, -0.05) is 0 Å². The van der Waals surface area contributed by atoms with Gasteiger partial charge in [-0.15, -0.1) is 0 Å². The largest absolute Gasteiger partial charge is 0.381 e. The molecule has 5 N–H and O–H groups in total. The zero-order valence-electron chi connectivity index (χ0n) is 10.2. The molecule has 0 spiro atoms. The number of hydrogen-bond donors (Lipinski definition) is 4. The molecule has 1 heterocycles. The number of nitrogens with zero attached hydrogens (tertiary/aromatic N) is 2. The standard InChI is InChI=1S/C11H17N5O2/c1-13-8-4-9(14-5-7(17)10(12)18)16-11(15-8)6-2-3-6/h4,6-7,17H,2-3,5H2,1H3,(H2,12,18)(H2,13,14,15,16). The normalized spacial score (nSPS) is 16.1. The van der Waals surface area contributed by atoms with Gasteiger partial charge in [0.15, 0.2) is 0 Å². The molecule has 2 rings (SSSR count). The van der Waals surface area contributed by atoms with Crippen LogP contribution in [0.1, 0.15) is 24.6 Å². The number of carbonyl (C=O) groups is 1. The molecule has 0 aliphatic heterocycles. The number of nitrogens with two attached hydrogens (primary N) is 1. The lowest BCUT2D eigenvalue weighted by Gasteiger charge is -2.11. The van der Waals surface area contributed by atoms with Crippen LogP contribution in [0.25, 0.3) is 0 Å². The van der Waals surface area contributed by atoms with Crippen molar-refractivity contribution in [2.45, 2.75) is 24.9 Å². The number of aromatic nitrogens is 2. The minimum Gasteiger partial charge on any atom is -0.381 e. The molecule has 1 aromatic rings. The molecule has 1 amide bonds. The fourth-order valence-electron chi connectivity index (χ4n) is 1.51. The van der Waals surface area contributed by atoms with Gasteiger partial charge in [-0.2, -0.15) is 0 Å². The molecule has 1 aromatic heterocycles. The van der Waals surface area contributed by atoms with Crippen LogP contribution < -0.4 is 16.4 Å². The van der Waals surface area contributed by atoms with Gasteiger partial charge in [0.25, 0.3) is 0 Å². The fraction of sp³-hybridized carbons (Fsp3) is 0.545. The Morgan fingerprint density at radius 2 is 2.22 bits per heavy atom. The van der Waals surface area contributed by atoms with E-state index in [0.29, 0.717) is 17.6 Å². The van der Waals surface area contributed by atoms with Crippen molar-refractivity contribution in [3.63, 3.8) is 0 Å². The molecule has 18 heavy (non-hydrogen) atoms. The molecular formula is C11H17N5O2. The van der Waals surface area contributed by atoms with Crippen LogP contribution >= 0.6 is 0 Å². The maximum atomic E-state index is 10.7. The number of rotatable bonds is 6. The molecule has 1 unspecified atom stereocenters. The maximum absolute atomic E-state index is 10.7. The predicted octanol–water partition coefficient (Wildman–Crippen LogP) is -0.346. The van der Waals surface area contributed by atoms with Gasteiger partial charge in [0.1, 0.15) is 23.6 Å². The highest BCUT2D eigenvalue weighted by molar-refractivity contribution is 5.79. The van der Waals surface area contributed by atoms with Gasteiger partial charge in [-0.05, 0) is 12.8 Å². The smallest absolute Gasteiger partial charge is 0.248 e. The molecule has 7 heteroatoms. The number of aliphatic hydroxyl groups excluding tert-OH is 1. The fourth-order valence-corrected chi connectivity index (χ4v) is 1.51. The van der Waals surface area contributed by atoms with Crippen molar-refractivity contribution in [3.05, 3.63) is 11.9 Å². The highest BCUT2D eigenvalue weighted by Gasteiger charge is 2.27. The van der Waals surface area contributed by atoms with Crippen LogP contribution in [-0.4, -0.2) is 40.7 Å². The first-order valence-corrected chi connectivity index (χ1v) is 5.88. The molecule has 1 aliphatic rings. The summed E-state index contributed by atoms with van der Waals surface area (Å²) in [5.74, 6) is 1.75. The van der Waals surface area contributed by atoms with Crippen molar-refractivity contribution < 1.29 is 9.90 Å². The van der Waals surface area contributed by atoms with E-state index >= 15 is 0 Å². The van der Waals surface area contributed by atoms with Gasteiger partial charge in [-0.3, -0.25) is 4.79 Å². The average Bonchev–Trinajstić information content (AvgIpc) is 3.19. The third-order valence-electron chi connectivity index (χ3n) is 2.75. The molecule has 7 nitrogen and oxygen atoms in total. The molecular weight excluding hydrogens is 234 g/mol. The van der Waals surface area contributed by atoms with E-state index in [4.69, 9.17) is 5.73 Å². The van der Waals surface area contributed by atoms with Gasteiger partial charge in [0, 0.05) is 19.0 Å². The van der Waals surface area contributed by atoms with E-state index in [1.165, 1.54) is 0 Å². The summed E-state index contributed by atoms with van der Waals surface area (Å²) >= 11 is 0. The summed E-state index contributed by atoms with van der Waals surface area (Å²) in [6.45, 7) is 0.0413. The van der Waals surface area contributed by atoms with E-state index in [0.717, 1.165) is 18.7 Å². The highest BCUT2D eigenvalue weighted by atomic mass is 16.3. The van der Waals surface area contributed by atoms with Crippen molar-refractivity contribution in [1.82, 2.24) is 9.97 Å². The molecule has 98 valence electrons. The van der Waals surface area contributed by atoms with Gasteiger partial charge >= 0.3 is 0 Å². The predicted molar refractivity (Wildman–Crippen MR) is 67.2 cm³/mol. The summed E-state index contributed by atoms with van der Waals surface area (Å²) < 4.78 is 0. The summed E-state index contributed by atoms with van der Waals surface area (Å²) in [6, 6.07) is 1.72. The van der Waals surface area contributed by atoms with Crippen molar-refractivity contribution in [2.75, 3.05) is 24.2 Å². The van der Waals surface area contributed by atoms with Crippen LogP contribution in [0.4, 0.5) is 11.6 Å². The minimum absolute atomic E-state index is 0.0413. The van der Waals surface area contributed by atoms with Crippen LogP contribution in [0.3, 0.4) is 0 Å². The van der Waals surface area contributed by atoms with Gasteiger partial charge in [0.2, 0.25) is 5.91 Å². The third kappa shape index (κ3) is 3.07. The second-order valence-corrected chi connectivity index (χ2v) is 4.32. The van der Waals surface area contributed by atoms with Crippen LogP contribution in [0.15, 0.2) is 6.07 Å². The lowest BCUT2D eigenvalue weighted by Crippen LogP contribution is -2.34. The first-order valence-electron chi connectivity index (χ1n) is 5.88. The zero-order chi connectivity index (χ0) is 13.1. The molecule has 1 fully saturated rings.